The number of nitrogens with zero attached hydrogens (tertiary/aromatic N) is 4. The average Bonchev–Trinajstić information content (AvgIpc) is 3.00. The van der Waals surface area contributed by atoms with Gasteiger partial charge in [-0.25, -0.2) is 9.97 Å². The van der Waals surface area contributed by atoms with Crippen molar-refractivity contribution >= 4 is 16.7 Å². The van der Waals surface area contributed by atoms with E-state index < -0.39 is 0 Å². The Bertz CT molecular complexity index is 973. The van der Waals surface area contributed by atoms with Crippen molar-refractivity contribution in [2.75, 3.05) is 19.5 Å². The Hall–Kier alpha value is -2.83. The van der Waals surface area contributed by atoms with E-state index in [0.717, 1.165) is 34.7 Å². The minimum Gasteiger partial charge on any atom is -0.493 e. The zero-order chi connectivity index (χ0) is 19.8. The van der Waals surface area contributed by atoms with Crippen molar-refractivity contribution in [1.29, 1.82) is 0 Å². The molecule has 1 aromatic carbocycles. The maximum atomic E-state index is 5.46. The quantitative estimate of drug-likeness (QED) is 0.735. The summed E-state index contributed by atoms with van der Waals surface area (Å²) in [4.78, 5) is 14.2. The Morgan fingerprint density at radius 1 is 1.04 bits per heavy atom. The number of ether oxygens (including phenoxy) is 2. The van der Waals surface area contributed by atoms with E-state index in [0.29, 0.717) is 17.4 Å². The Morgan fingerprint density at radius 2 is 1.70 bits per heavy atom. The molecule has 0 saturated heterocycles. The van der Waals surface area contributed by atoms with E-state index in [1.54, 1.807) is 14.2 Å². The molecule has 0 aliphatic heterocycles. The summed E-state index contributed by atoms with van der Waals surface area (Å²) in [6.45, 7) is 10.3. The second-order valence-electron chi connectivity index (χ2n) is 7.49. The summed E-state index contributed by atoms with van der Waals surface area (Å²) in [7, 11) is 3.24. The number of rotatable bonds is 5. The molecule has 0 unspecified atom stereocenters. The lowest BCUT2D eigenvalue weighted by molar-refractivity contribution is 0.356. The predicted octanol–water partition coefficient (Wildman–Crippen LogP) is 3.91. The fourth-order valence-electron chi connectivity index (χ4n) is 2.97. The van der Waals surface area contributed by atoms with E-state index in [9.17, 15) is 0 Å². The van der Waals surface area contributed by atoms with E-state index >= 15 is 0 Å². The van der Waals surface area contributed by atoms with Gasteiger partial charge in [0.25, 0.3) is 0 Å². The molecular weight excluding hydrogens is 342 g/mol. The van der Waals surface area contributed by atoms with Crippen LogP contribution in [0.25, 0.3) is 16.9 Å². The second kappa shape index (κ2) is 7.06. The van der Waals surface area contributed by atoms with Gasteiger partial charge in [0, 0.05) is 29.6 Å². The fourth-order valence-corrected chi connectivity index (χ4v) is 2.97. The summed E-state index contributed by atoms with van der Waals surface area (Å²) >= 11 is 0. The molecule has 0 bridgehead atoms. The molecule has 0 fully saturated rings. The highest BCUT2D eigenvalue weighted by molar-refractivity contribution is 5.92. The first-order valence-corrected chi connectivity index (χ1v) is 9.03. The first kappa shape index (κ1) is 18.9. The molecule has 0 atom stereocenters. The summed E-state index contributed by atoms with van der Waals surface area (Å²) < 4.78 is 12.9. The van der Waals surface area contributed by atoms with Crippen LogP contribution in [0.2, 0.25) is 0 Å². The Balaban J connectivity index is 2.29. The Kier molecular flexibility index (Phi) is 4.95. The Labute approximate surface area is 159 Å². The summed E-state index contributed by atoms with van der Waals surface area (Å²) in [5.41, 5.74) is 1.55. The molecule has 0 spiro atoms. The molecule has 0 aliphatic carbocycles. The van der Waals surface area contributed by atoms with Gasteiger partial charge in [0.2, 0.25) is 5.95 Å². The number of benzene rings is 1. The van der Waals surface area contributed by atoms with E-state index in [-0.39, 0.29) is 5.54 Å². The van der Waals surface area contributed by atoms with Gasteiger partial charge in [-0.1, -0.05) is 6.92 Å². The second-order valence-corrected chi connectivity index (χ2v) is 7.49. The maximum Gasteiger partial charge on any atom is 0.237 e. The number of imidazole rings is 1. The maximum absolute atomic E-state index is 5.46. The number of aromatic nitrogens is 4. The third kappa shape index (κ3) is 3.82. The van der Waals surface area contributed by atoms with Crippen molar-refractivity contribution in [3.63, 3.8) is 0 Å². The van der Waals surface area contributed by atoms with Gasteiger partial charge in [0.05, 0.1) is 25.4 Å². The van der Waals surface area contributed by atoms with Crippen LogP contribution in [0, 0.1) is 6.92 Å². The van der Waals surface area contributed by atoms with E-state index in [1.165, 1.54) is 0 Å². The molecule has 0 amide bonds. The first-order chi connectivity index (χ1) is 12.8. The van der Waals surface area contributed by atoms with Crippen LogP contribution in [0.1, 0.15) is 39.2 Å². The lowest BCUT2D eigenvalue weighted by Gasteiger charge is -2.23. The molecule has 2 aromatic heterocycles. The number of nitrogens with one attached hydrogen (secondary N) is 1. The lowest BCUT2D eigenvalue weighted by Crippen LogP contribution is -2.27. The van der Waals surface area contributed by atoms with Gasteiger partial charge in [-0.05, 0) is 33.8 Å². The zero-order valence-corrected chi connectivity index (χ0v) is 17.0. The molecule has 3 rings (SSSR count). The highest BCUT2D eigenvalue weighted by atomic mass is 16.5. The molecule has 7 heteroatoms. The summed E-state index contributed by atoms with van der Waals surface area (Å²) in [6.07, 6.45) is 2.75. The number of fused-ring (bicyclic) bond motifs is 1. The van der Waals surface area contributed by atoms with Gasteiger partial charge in [0.15, 0.2) is 11.5 Å². The van der Waals surface area contributed by atoms with E-state index in [4.69, 9.17) is 19.4 Å². The highest BCUT2D eigenvalue weighted by Gasteiger charge is 2.19. The normalized spacial score (nSPS) is 11.7. The standard InChI is InChI=1S/C20H27N5O2/c1-8-17-21-12(2)11-25(17)19-22-14-10-16(27-7)15(26-6)9-13(14)18(23-19)24-20(3,4)5/h9-11H,8H2,1-7H3,(H,22,23,24). The van der Waals surface area contributed by atoms with Gasteiger partial charge in [0.1, 0.15) is 11.6 Å². The van der Waals surface area contributed by atoms with Crippen LogP contribution in [0.3, 0.4) is 0 Å². The summed E-state index contributed by atoms with van der Waals surface area (Å²) in [5.74, 6) is 3.53. The molecule has 7 nitrogen and oxygen atoms in total. The van der Waals surface area contributed by atoms with E-state index in [2.05, 4.69) is 38.0 Å². The molecule has 1 N–H and O–H groups in total. The predicted molar refractivity (Wildman–Crippen MR) is 107 cm³/mol. The van der Waals surface area contributed by atoms with Gasteiger partial charge in [-0.2, -0.15) is 4.98 Å². The minimum atomic E-state index is -0.163. The van der Waals surface area contributed by atoms with Crippen LogP contribution in [0.15, 0.2) is 18.3 Å². The monoisotopic (exact) mass is 369 g/mol. The van der Waals surface area contributed by atoms with Crippen LogP contribution >= 0.6 is 0 Å². The first-order valence-electron chi connectivity index (χ1n) is 9.03. The molecule has 2 heterocycles. The van der Waals surface area contributed by atoms with Crippen LogP contribution in [0.5, 0.6) is 11.5 Å². The summed E-state index contributed by atoms with van der Waals surface area (Å²) in [5, 5.41) is 4.36. The highest BCUT2D eigenvalue weighted by Crippen LogP contribution is 2.35. The number of aryl methyl sites for hydroxylation is 2. The fraction of sp³-hybridized carbons (Fsp3) is 0.450. The third-order valence-electron chi connectivity index (χ3n) is 4.11. The smallest absolute Gasteiger partial charge is 0.237 e. The van der Waals surface area contributed by atoms with Gasteiger partial charge < -0.3 is 14.8 Å². The molecule has 27 heavy (non-hydrogen) atoms. The SMILES string of the molecule is CCc1nc(C)cn1-c1nc(NC(C)(C)C)c2cc(OC)c(OC)cc2n1. The van der Waals surface area contributed by atoms with Crippen molar-refractivity contribution in [3.05, 3.63) is 29.8 Å². The van der Waals surface area contributed by atoms with Crippen LogP contribution in [-0.2, 0) is 6.42 Å². The molecule has 0 aliphatic rings. The van der Waals surface area contributed by atoms with Crippen LogP contribution in [0.4, 0.5) is 5.82 Å². The third-order valence-corrected chi connectivity index (χ3v) is 4.11. The number of anilines is 1. The molecular formula is C20H27N5O2. The number of methoxy groups -OCH3 is 2. The molecule has 0 radical (unpaired) electrons. The van der Waals surface area contributed by atoms with Crippen molar-refractivity contribution in [2.24, 2.45) is 0 Å². The van der Waals surface area contributed by atoms with Gasteiger partial charge in [-0.3, -0.25) is 4.57 Å². The van der Waals surface area contributed by atoms with Crippen molar-refractivity contribution in [2.45, 2.75) is 46.6 Å². The van der Waals surface area contributed by atoms with Crippen molar-refractivity contribution < 1.29 is 9.47 Å². The molecule has 0 saturated carbocycles. The number of hydrogen-bond acceptors (Lipinski definition) is 6. The minimum absolute atomic E-state index is 0.163. The topological polar surface area (TPSA) is 74.1 Å². The average molecular weight is 369 g/mol. The zero-order valence-electron chi connectivity index (χ0n) is 17.0. The largest absolute Gasteiger partial charge is 0.493 e. The lowest BCUT2D eigenvalue weighted by atomic mass is 10.1. The summed E-state index contributed by atoms with van der Waals surface area (Å²) in [6, 6.07) is 3.79. The Morgan fingerprint density at radius 3 is 2.30 bits per heavy atom. The van der Waals surface area contributed by atoms with Crippen LogP contribution in [-0.4, -0.2) is 39.3 Å². The van der Waals surface area contributed by atoms with Crippen molar-refractivity contribution in [3.8, 4) is 17.4 Å². The van der Waals surface area contributed by atoms with Gasteiger partial charge >= 0.3 is 0 Å². The van der Waals surface area contributed by atoms with E-state index in [1.807, 2.05) is 29.8 Å². The molecule has 3 aromatic rings. The van der Waals surface area contributed by atoms with Gasteiger partial charge in [-0.15, -0.1) is 0 Å². The number of hydrogen-bond donors (Lipinski definition) is 1. The van der Waals surface area contributed by atoms with Crippen LogP contribution < -0.4 is 14.8 Å². The molecule has 144 valence electrons. The van der Waals surface area contributed by atoms with Crippen molar-refractivity contribution in [1.82, 2.24) is 19.5 Å².